The fraction of sp³-hybridized carbons (Fsp3) is 0.417. The van der Waals surface area contributed by atoms with E-state index in [1.165, 1.54) is 6.92 Å². The van der Waals surface area contributed by atoms with E-state index in [2.05, 4.69) is 0 Å². The maximum Gasteiger partial charge on any atom is 0.308 e. The summed E-state index contributed by atoms with van der Waals surface area (Å²) in [6.45, 7) is 4.89. The first-order valence-corrected chi connectivity index (χ1v) is 5.00. The molecule has 0 amide bonds. The third-order valence-electron chi connectivity index (χ3n) is 1.68. The molecule has 16 heavy (non-hydrogen) atoms. The van der Waals surface area contributed by atoms with E-state index in [1.807, 2.05) is 0 Å². The molecule has 0 spiro atoms. The minimum atomic E-state index is -0.867. The summed E-state index contributed by atoms with van der Waals surface area (Å²) in [7, 11) is 0. The quantitative estimate of drug-likeness (QED) is 0.625. The van der Waals surface area contributed by atoms with Crippen molar-refractivity contribution in [2.24, 2.45) is 0 Å². The molecular formula is C12H16O4. The van der Waals surface area contributed by atoms with Crippen molar-refractivity contribution in [2.75, 3.05) is 6.61 Å². The van der Waals surface area contributed by atoms with Gasteiger partial charge in [-0.05, 0) is 38.1 Å². The van der Waals surface area contributed by atoms with Gasteiger partial charge in [-0.1, -0.05) is 0 Å². The predicted molar refractivity (Wildman–Crippen MR) is 59.5 cm³/mol. The summed E-state index contributed by atoms with van der Waals surface area (Å²) < 4.78 is 10.2. The Hall–Kier alpha value is -1.55. The van der Waals surface area contributed by atoms with Crippen molar-refractivity contribution in [2.45, 2.75) is 26.4 Å². The highest BCUT2D eigenvalue weighted by Crippen LogP contribution is 2.18. The molecule has 0 aliphatic rings. The van der Waals surface area contributed by atoms with Crippen LogP contribution in [0.4, 0.5) is 0 Å². The lowest BCUT2D eigenvalue weighted by Gasteiger charge is -2.17. The molecule has 1 N–H and O–H groups in total. The normalized spacial score (nSPS) is 11.0. The summed E-state index contributed by atoms with van der Waals surface area (Å²) in [5.41, 5.74) is -0.867. The Bertz CT molecular complexity index is 348. The zero-order valence-electron chi connectivity index (χ0n) is 9.69. The second-order valence-electron chi connectivity index (χ2n) is 4.17. The number of ether oxygens (including phenoxy) is 2. The minimum Gasteiger partial charge on any atom is -0.491 e. The van der Waals surface area contributed by atoms with Crippen LogP contribution in [-0.2, 0) is 4.79 Å². The molecule has 1 aromatic carbocycles. The number of hydrogen-bond donors (Lipinski definition) is 1. The van der Waals surface area contributed by atoms with Gasteiger partial charge in [0.05, 0.1) is 5.60 Å². The molecule has 0 aliphatic heterocycles. The molecule has 0 atom stereocenters. The average Bonchev–Trinajstić information content (AvgIpc) is 2.14. The van der Waals surface area contributed by atoms with Crippen LogP contribution in [-0.4, -0.2) is 23.3 Å². The van der Waals surface area contributed by atoms with Gasteiger partial charge in [0.25, 0.3) is 0 Å². The third-order valence-corrected chi connectivity index (χ3v) is 1.68. The van der Waals surface area contributed by atoms with E-state index in [0.717, 1.165) is 0 Å². The van der Waals surface area contributed by atoms with Crippen molar-refractivity contribution in [1.29, 1.82) is 0 Å². The van der Waals surface area contributed by atoms with Crippen LogP contribution in [0, 0.1) is 0 Å². The summed E-state index contributed by atoms with van der Waals surface area (Å²) in [4.78, 5) is 10.7. The fourth-order valence-corrected chi connectivity index (χ4v) is 1.03. The molecular weight excluding hydrogens is 208 g/mol. The van der Waals surface area contributed by atoms with Gasteiger partial charge < -0.3 is 14.6 Å². The number of benzene rings is 1. The number of aliphatic hydroxyl groups is 1. The highest BCUT2D eigenvalue weighted by atomic mass is 16.5. The number of esters is 1. The number of carbonyl (C=O) groups excluding carboxylic acids is 1. The van der Waals surface area contributed by atoms with Gasteiger partial charge in [0.15, 0.2) is 0 Å². The van der Waals surface area contributed by atoms with E-state index in [-0.39, 0.29) is 12.6 Å². The molecule has 88 valence electrons. The fourth-order valence-electron chi connectivity index (χ4n) is 1.03. The predicted octanol–water partition coefficient (Wildman–Crippen LogP) is 1.76. The topological polar surface area (TPSA) is 55.8 Å². The summed E-state index contributed by atoms with van der Waals surface area (Å²) in [5, 5.41) is 9.46. The summed E-state index contributed by atoms with van der Waals surface area (Å²) in [6.07, 6.45) is 0. The van der Waals surface area contributed by atoms with Crippen molar-refractivity contribution in [1.82, 2.24) is 0 Å². The molecule has 0 radical (unpaired) electrons. The Morgan fingerprint density at radius 3 is 2.19 bits per heavy atom. The first-order chi connectivity index (χ1) is 7.37. The van der Waals surface area contributed by atoms with E-state index in [4.69, 9.17) is 9.47 Å². The maximum absolute atomic E-state index is 10.7. The van der Waals surface area contributed by atoms with Gasteiger partial charge in [0.1, 0.15) is 18.1 Å². The molecule has 0 fully saturated rings. The van der Waals surface area contributed by atoms with Crippen LogP contribution in [0.25, 0.3) is 0 Å². The van der Waals surface area contributed by atoms with Crippen molar-refractivity contribution in [3.8, 4) is 11.5 Å². The number of carbonyl (C=O) groups is 1. The van der Waals surface area contributed by atoms with Gasteiger partial charge in [-0.25, -0.2) is 0 Å². The minimum absolute atomic E-state index is 0.208. The molecule has 0 bridgehead atoms. The first-order valence-electron chi connectivity index (χ1n) is 5.00. The third kappa shape index (κ3) is 4.79. The van der Waals surface area contributed by atoms with Gasteiger partial charge in [-0.2, -0.15) is 0 Å². The molecule has 0 aromatic heterocycles. The van der Waals surface area contributed by atoms with Crippen LogP contribution in [0.3, 0.4) is 0 Å². The monoisotopic (exact) mass is 224 g/mol. The zero-order valence-corrected chi connectivity index (χ0v) is 9.69. The van der Waals surface area contributed by atoms with Crippen molar-refractivity contribution < 1.29 is 19.4 Å². The Morgan fingerprint density at radius 2 is 1.75 bits per heavy atom. The van der Waals surface area contributed by atoms with Crippen LogP contribution in [0.5, 0.6) is 11.5 Å². The molecule has 0 saturated heterocycles. The first kappa shape index (κ1) is 12.5. The lowest BCUT2D eigenvalue weighted by atomic mass is 10.2. The van der Waals surface area contributed by atoms with Crippen LogP contribution >= 0.6 is 0 Å². The largest absolute Gasteiger partial charge is 0.491 e. The molecule has 1 aromatic rings. The highest BCUT2D eigenvalue weighted by molar-refractivity contribution is 5.69. The summed E-state index contributed by atoms with van der Waals surface area (Å²) in [5.74, 6) is 0.742. The molecule has 0 unspecified atom stereocenters. The Labute approximate surface area is 94.8 Å². The molecule has 0 aliphatic carbocycles. The second kappa shape index (κ2) is 4.99. The Balaban J connectivity index is 2.55. The van der Waals surface area contributed by atoms with Crippen LogP contribution in [0.15, 0.2) is 24.3 Å². The van der Waals surface area contributed by atoms with Gasteiger partial charge in [0, 0.05) is 6.92 Å². The number of hydrogen-bond acceptors (Lipinski definition) is 4. The summed E-state index contributed by atoms with van der Waals surface area (Å²) >= 11 is 0. The van der Waals surface area contributed by atoms with Crippen LogP contribution < -0.4 is 9.47 Å². The second-order valence-corrected chi connectivity index (χ2v) is 4.17. The van der Waals surface area contributed by atoms with Gasteiger partial charge in [0.2, 0.25) is 0 Å². The molecule has 0 heterocycles. The average molecular weight is 224 g/mol. The SMILES string of the molecule is CC(=O)Oc1ccc(OCC(C)(C)O)cc1. The lowest BCUT2D eigenvalue weighted by molar-refractivity contribution is -0.131. The van der Waals surface area contributed by atoms with Gasteiger partial charge in [-0.15, -0.1) is 0 Å². The van der Waals surface area contributed by atoms with E-state index in [9.17, 15) is 9.90 Å². The lowest BCUT2D eigenvalue weighted by Crippen LogP contribution is -2.27. The molecule has 4 nitrogen and oxygen atoms in total. The zero-order chi connectivity index (χ0) is 12.2. The van der Waals surface area contributed by atoms with Crippen LogP contribution in [0.1, 0.15) is 20.8 Å². The van der Waals surface area contributed by atoms with E-state index < -0.39 is 5.60 Å². The standard InChI is InChI=1S/C12H16O4/c1-9(13)16-11-6-4-10(5-7-11)15-8-12(2,3)14/h4-7,14H,8H2,1-3H3. The van der Waals surface area contributed by atoms with Crippen molar-refractivity contribution in [3.05, 3.63) is 24.3 Å². The van der Waals surface area contributed by atoms with E-state index in [1.54, 1.807) is 38.1 Å². The van der Waals surface area contributed by atoms with E-state index >= 15 is 0 Å². The van der Waals surface area contributed by atoms with Gasteiger partial charge >= 0.3 is 5.97 Å². The van der Waals surface area contributed by atoms with Crippen LogP contribution in [0.2, 0.25) is 0 Å². The smallest absolute Gasteiger partial charge is 0.308 e. The number of rotatable bonds is 4. The van der Waals surface area contributed by atoms with Gasteiger partial charge in [-0.3, -0.25) is 4.79 Å². The molecule has 1 rings (SSSR count). The Kier molecular flexibility index (Phi) is 3.90. The van der Waals surface area contributed by atoms with E-state index in [0.29, 0.717) is 11.5 Å². The summed E-state index contributed by atoms with van der Waals surface area (Å²) in [6, 6.07) is 6.65. The molecule has 4 heteroatoms. The highest BCUT2D eigenvalue weighted by Gasteiger charge is 2.13. The molecule has 0 saturated carbocycles. The Morgan fingerprint density at radius 1 is 1.25 bits per heavy atom. The maximum atomic E-state index is 10.7. The van der Waals surface area contributed by atoms with Crippen molar-refractivity contribution >= 4 is 5.97 Å². The van der Waals surface area contributed by atoms with Crippen molar-refractivity contribution in [3.63, 3.8) is 0 Å².